The Labute approximate surface area is 125 Å². The summed E-state index contributed by atoms with van der Waals surface area (Å²) < 4.78 is 15.3. The Morgan fingerprint density at radius 2 is 2.20 bits per heavy atom. The second-order valence-electron chi connectivity index (χ2n) is 4.73. The Balaban J connectivity index is 1.78. The van der Waals surface area contributed by atoms with Crippen LogP contribution in [0.2, 0.25) is 5.02 Å². The molecule has 1 aromatic heterocycles. The number of nitrogens with zero attached hydrogens (tertiary/aromatic N) is 3. The Kier molecular flexibility index (Phi) is 3.96. The molecule has 0 atom stereocenters. The van der Waals surface area contributed by atoms with Gasteiger partial charge in [-0.2, -0.15) is 0 Å². The van der Waals surface area contributed by atoms with Crippen molar-refractivity contribution in [3.8, 4) is 0 Å². The van der Waals surface area contributed by atoms with Gasteiger partial charge in [0.2, 0.25) is 0 Å². The van der Waals surface area contributed by atoms with Gasteiger partial charge in [-0.3, -0.25) is 0 Å². The van der Waals surface area contributed by atoms with Crippen LogP contribution in [0, 0.1) is 5.82 Å². The van der Waals surface area contributed by atoms with E-state index in [1.807, 2.05) is 0 Å². The molecule has 0 unspecified atom stereocenters. The van der Waals surface area contributed by atoms with Crippen LogP contribution in [0.1, 0.15) is 30.3 Å². The van der Waals surface area contributed by atoms with Crippen molar-refractivity contribution in [2.24, 2.45) is 5.73 Å². The summed E-state index contributed by atoms with van der Waals surface area (Å²) in [6, 6.07) is 4.85. The molecule has 2 N–H and O–H groups in total. The van der Waals surface area contributed by atoms with Crippen LogP contribution in [0.3, 0.4) is 0 Å². The van der Waals surface area contributed by atoms with Crippen molar-refractivity contribution in [3.05, 3.63) is 40.4 Å². The Morgan fingerprint density at radius 1 is 1.40 bits per heavy atom. The molecule has 1 aromatic carbocycles. The normalized spacial score (nSPS) is 14.8. The minimum atomic E-state index is -0.281. The fourth-order valence-corrected chi connectivity index (χ4v) is 3.32. The van der Waals surface area contributed by atoms with Crippen LogP contribution in [0.4, 0.5) is 4.39 Å². The number of hydrogen-bond donors (Lipinski definition) is 1. The standard InChI is InChI=1S/C13H14ClFN4S/c14-11-4-1-9(15)5-8(11)7-20-13-18-17-12(6-16)19(13)10-2-3-10/h1,4-5,10H,2-3,6-7,16H2. The molecule has 0 spiro atoms. The van der Waals surface area contributed by atoms with Gasteiger partial charge in [0.25, 0.3) is 0 Å². The van der Waals surface area contributed by atoms with Crippen LogP contribution in [-0.4, -0.2) is 14.8 Å². The number of thioether (sulfide) groups is 1. The second-order valence-corrected chi connectivity index (χ2v) is 6.08. The highest BCUT2D eigenvalue weighted by molar-refractivity contribution is 7.98. The lowest BCUT2D eigenvalue weighted by Gasteiger charge is -2.08. The number of aromatic nitrogens is 3. The van der Waals surface area contributed by atoms with Gasteiger partial charge in [-0.1, -0.05) is 23.4 Å². The van der Waals surface area contributed by atoms with E-state index >= 15 is 0 Å². The Bertz CT molecular complexity index is 627. The van der Waals surface area contributed by atoms with E-state index in [4.69, 9.17) is 17.3 Å². The lowest BCUT2D eigenvalue weighted by molar-refractivity contribution is 0.624. The van der Waals surface area contributed by atoms with Crippen LogP contribution in [-0.2, 0) is 12.3 Å². The molecule has 1 aliphatic rings. The van der Waals surface area contributed by atoms with E-state index in [2.05, 4.69) is 14.8 Å². The van der Waals surface area contributed by atoms with Crippen LogP contribution < -0.4 is 5.73 Å². The third-order valence-electron chi connectivity index (χ3n) is 3.19. The topological polar surface area (TPSA) is 56.7 Å². The molecule has 0 aliphatic heterocycles. The zero-order valence-corrected chi connectivity index (χ0v) is 12.3. The van der Waals surface area contributed by atoms with Crippen molar-refractivity contribution in [3.63, 3.8) is 0 Å². The highest BCUT2D eigenvalue weighted by atomic mass is 35.5. The van der Waals surface area contributed by atoms with Crippen molar-refractivity contribution in [2.75, 3.05) is 0 Å². The fraction of sp³-hybridized carbons (Fsp3) is 0.385. The minimum absolute atomic E-state index is 0.281. The van der Waals surface area contributed by atoms with E-state index in [0.29, 0.717) is 23.4 Å². The van der Waals surface area contributed by atoms with Gasteiger partial charge in [-0.05, 0) is 36.6 Å². The highest BCUT2D eigenvalue weighted by Gasteiger charge is 2.29. The SMILES string of the molecule is NCc1nnc(SCc2cc(F)ccc2Cl)n1C1CC1. The summed E-state index contributed by atoms with van der Waals surface area (Å²) in [4.78, 5) is 0. The van der Waals surface area contributed by atoms with Gasteiger partial charge in [-0.15, -0.1) is 10.2 Å². The predicted molar refractivity (Wildman–Crippen MR) is 77.2 cm³/mol. The maximum atomic E-state index is 13.2. The molecule has 2 aromatic rings. The van der Waals surface area contributed by atoms with Crippen molar-refractivity contribution < 1.29 is 4.39 Å². The largest absolute Gasteiger partial charge is 0.324 e. The van der Waals surface area contributed by atoms with Crippen molar-refractivity contribution >= 4 is 23.4 Å². The number of rotatable bonds is 5. The van der Waals surface area contributed by atoms with Gasteiger partial charge in [0, 0.05) is 16.8 Å². The van der Waals surface area contributed by atoms with Gasteiger partial charge < -0.3 is 10.3 Å². The average Bonchev–Trinajstić information content (AvgIpc) is 3.20. The van der Waals surface area contributed by atoms with E-state index in [0.717, 1.165) is 29.4 Å². The Morgan fingerprint density at radius 3 is 2.90 bits per heavy atom. The van der Waals surface area contributed by atoms with E-state index in [1.54, 1.807) is 6.07 Å². The minimum Gasteiger partial charge on any atom is -0.324 e. The van der Waals surface area contributed by atoms with Gasteiger partial charge in [0.1, 0.15) is 11.6 Å². The molecular formula is C13H14ClFN4S. The molecular weight excluding hydrogens is 299 g/mol. The van der Waals surface area contributed by atoms with Crippen molar-refractivity contribution in [1.29, 1.82) is 0 Å². The number of halogens is 2. The van der Waals surface area contributed by atoms with Gasteiger partial charge in [0.05, 0.1) is 6.54 Å². The molecule has 0 bridgehead atoms. The monoisotopic (exact) mass is 312 g/mol. The molecule has 106 valence electrons. The molecule has 1 fully saturated rings. The van der Waals surface area contributed by atoms with Gasteiger partial charge >= 0.3 is 0 Å². The first kappa shape index (κ1) is 13.9. The zero-order valence-electron chi connectivity index (χ0n) is 10.7. The molecule has 3 rings (SSSR count). The summed E-state index contributed by atoms with van der Waals surface area (Å²) in [6.07, 6.45) is 2.28. The van der Waals surface area contributed by atoms with E-state index in [1.165, 1.54) is 23.9 Å². The first-order chi connectivity index (χ1) is 9.69. The molecule has 0 radical (unpaired) electrons. The molecule has 0 saturated heterocycles. The van der Waals surface area contributed by atoms with Crippen LogP contribution in [0.5, 0.6) is 0 Å². The highest BCUT2D eigenvalue weighted by Crippen LogP contribution is 2.39. The third-order valence-corrected chi connectivity index (χ3v) is 4.55. The third kappa shape index (κ3) is 2.82. The number of benzene rings is 1. The Hall–Kier alpha value is -1.11. The lowest BCUT2D eigenvalue weighted by Crippen LogP contribution is -2.08. The molecule has 7 heteroatoms. The molecule has 20 heavy (non-hydrogen) atoms. The zero-order chi connectivity index (χ0) is 14.1. The van der Waals surface area contributed by atoms with Gasteiger partial charge in [-0.25, -0.2) is 4.39 Å². The molecule has 1 aliphatic carbocycles. The lowest BCUT2D eigenvalue weighted by atomic mass is 10.2. The van der Waals surface area contributed by atoms with Crippen LogP contribution in [0.15, 0.2) is 23.4 Å². The summed E-state index contributed by atoms with van der Waals surface area (Å²) in [6.45, 7) is 0.380. The van der Waals surface area contributed by atoms with E-state index in [-0.39, 0.29) is 5.82 Å². The fourth-order valence-electron chi connectivity index (χ4n) is 2.04. The molecule has 1 heterocycles. The molecule has 0 amide bonds. The summed E-state index contributed by atoms with van der Waals surface area (Å²) >= 11 is 7.58. The average molecular weight is 313 g/mol. The van der Waals surface area contributed by atoms with E-state index < -0.39 is 0 Å². The summed E-state index contributed by atoms with van der Waals surface area (Å²) in [5.41, 5.74) is 6.44. The molecule has 4 nitrogen and oxygen atoms in total. The summed E-state index contributed by atoms with van der Waals surface area (Å²) in [5, 5.41) is 9.68. The quantitative estimate of drug-likeness (QED) is 0.862. The first-order valence-corrected chi connectivity index (χ1v) is 7.76. The van der Waals surface area contributed by atoms with Crippen molar-refractivity contribution in [1.82, 2.24) is 14.8 Å². The first-order valence-electron chi connectivity index (χ1n) is 6.39. The van der Waals surface area contributed by atoms with Gasteiger partial charge in [0.15, 0.2) is 5.16 Å². The van der Waals surface area contributed by atoms with Crippen LogP contribution >= 0.6 is 23.4 Å². The second kappa shape index (κ2) is 5.71. The maximum absolute atomic E-state index is 13.2. The summed E-state index contributed by atoms with van der Waals surface area (Å²) in [7, 11) is 0. The number of nitrogens with two attached hydrogens (primary N) is 1. The van der Waals surface area contributed by atoms with Crippen molar-refractivity contribution in [2.45, 2.75) is 36.3 Å². The van der Waals surface area contributed by atoms with E-state index in [9.17, 15) is 4.39 Å². The molecule has 1 saturated carbocycles. The van der Waals surface area contributed by atoms with Crippen LogP contribution in [0.25, 0.3) is 0 Å². The number of hydrogen-bond acceptors (Lipinski definition) is 4. The maximum Gasteiger partial charge on any atom is 0.191 e. The summed E-state index contributed by atoms with van der Waals surface area (Å²) in [5.74, 6) is 1.09. The smallest absolute Gasteiger partial charge is 0.191 e. The predicted octanol–water partition coefficient (Wildman–Crippen LogP) is 3.16.